The molecule has 14 rings (SSSR count). The van der Waals surface area contributed by atoms with Crippen LogP contribution in [0.3, 0.4) is 0 Å². The Balaban J connectivity index is 0.926. The first-order valence-corrected chi connectivity index (χ1v) is 19.3. The van der Waals surface area contributed by atoms with Crippen LogP contribution in [0.2, 0.25) is 0 Å². The van der Waals surface area contributed by atoms with Crippen molar-refractivity contribution in [1.29, 1.82) is 0 Å². The van der Waals surface area contributed by atoms with Crippen molar-refractivity contribution in [3.63, 3.8) is 0 Å². The van der Waals surface area contributed by atoms with Crippen LogP contribution in [0.1, 0.15) is 48.3 Å². The van der Waals surface area contributed by atoms with E-state index in [1.165, 1.54) is 58.7 Å². The molecule has 7 aromatic carbocycles. The molecule has 1 aromatic heterocycles. The highest BCUT2D eigenvalue weighted by molar-refractivity contribution is 6.06. The average Bonchev–Trinajstić information content (AvgIpc) is 3.80. The average molecular weight is 668 g/mol. The number of fused-ring (bicyclic) bond motifs is 6. The van der Waals surface area contributed by atoms with E-state index in [1.54, 1.807) is 16.7 Å². The lowest BCUT2D eigenvalue weighted by Crippen LogP contribution is -2.54. The third kappa shape index (κ3) is 3.46. The number of para-hydroxylation sites is 1. The van der Waals surface area contributed by atoms with Crippen molar-refractivity contribution in [1.82, 2.24) is 0 Å². The van der Waals surface area contributed by atoms with Crippen LogP contribution in [0.25, 0.3) is 55.0 Å². The number of benzene rings is 7. The van der Waals surface area contributed by atoms with Crippen LogP contribution in [-0.4, -0.2) is 0 Å². The van der Waals surface area contributed by atoms with Crippen LogP contribution < -0.4 is 4.90 Å². The summed E-state index contributed by atoms with van der Waals surface area (Å²) in [5.41, 5.74) is 16.1. The Labute approximate surface area is 303 Å². The van der Waals surface area contributed by atoms with Crippen LogP contribution in [0.5, 0.6) is 0 Å². The highest BCUT2D eigenvalue weighted by Crippen LogP contribution is 2.77. The molecule has 6 atom stereocenters. The quantitative estimate of drug-likeness (QED) is 0.186. The fourth-order valence-corrected chi connectivity index (χ4v) is 12.6. The van der Waals surface area contributed by atoms with E-state index in [0.717, 1.165) is 68.6 Å². The molecule has 4 fully saturated rings. The molecule has 6 unspecified atom stereocenters. The van der Waals surface area contributed by atoms with Gasteiger partial charge in [0.1, 0.15) is 11.2 Å². The standard InChI is InChI=1S/C50H37NO/c1-2-7-32-26-37(18-14-30(32)6-1)51(38-19-20-40-39-8-3-4-11-46(39)52-47(40)28-38)36-16-12-31(13-17-36)33-15-21-44-43(27-33)41-9-5-10-42-48-34-22-29-23-35(25-34)50(44,49(41)42)45(48)24-29/h1-21,26-29,34-35,45,48H,22-25H2. The lowest BCUT2D eigenvalue weighted by atomic mass is 9.43. The monoisotopic (exact) mass is 667 g/mol. The van der Waals surface area contributed by atoms with E-state index in [9.17, 15) is 0 Å². The third-order valence-electron chi connectivity index (χ3n) is 14.3. The van der Waals surface area contributed by atoms with Crippen molar-refractivity contribution in [3.05, 3.63) is 162 Å². The molecule has 0 N–H and O–H groups in total. The van der Waals surface area contributed by atoms with Crippen LogP contribution in [0.15, 0.2) is 150 Å². The van der Waals surface area contributed by atoms with Gasteiger partial charge in [-0.05, 0) is 154 Å². The lowest BCUT2D eigenvalue weighted by molar-refractivity contribution is -0.0431. The van der Waals surface area contributed by atoms with Crippen molar-refractivity contribution in [2.24, 2.45) is 23.7 Å². The Morgan fingerprint density at radius 2 is 1.33 bits per heavy atom. The van der Waals surface area contributed by atoms with Gasteiger partial charge in [0.05, 0.1) is 0 Å². The topological polar surface area (TPSA) is 16.4 Å². The van der Waals surface area contributed by atoms with Gasteiger partial charge in [0.2, 0.25) is 0 Å². The van der Waals surface area contributed by atoms with Gasteiger partial charge in [-0.3, -0.25) is 0 Å². The predicted octanol–water partition coefficient (Wildman–Crippen LogP) is 13.3. The summed E-state index contributed by atoms with van der Waals surface area (Å²) in [6.07, 6.45) is 5.79. The summed E-state index contributed by atoms with van der Waals surface area (Å²) in [6, 6.07) is 54.4. The van der Waals surface area contributed by atoms with Gasteiger partial charge in [-0.15, -0.1) is 0 Å². The normalized spacial score (nSPS) is 25.7. The fourth-order valence-electron chi connectivity index (χ4n) is 12.6. The van der Waals surface area contributed by atoms with Gasteiger partial charge < -0.3 is 9.32 Å². The second-order valence-electron chi connectivity index (χ2n) is 16.5. The predicted molar refractivity (Wildman–Crippen MR) is 213 cm³/mol. The van der Waals surface area contributed by atoms with Gasteiger partial charge in [0.15, 0.2) is 0 Å². The van der Waals surface area contributed by atoms with Gasteiger partial charge >= 0.3 is 0 Å². The second-order valence-corrected chi connectivity index (χ2v) is 16.5. The largest absolute Gasteiger partial charge is 0.456 e. The molecule has 52 heavy (non-hydrogen) atoms. The maximum atomic E-state index is 6.37. The van der Waals surface area contributed by atoms with E-state index >= 15 is 0 Å². The summed E-state index contributed by atoms with van der Waals surface area (Å²) in [4.78, 5) is 2.36. The number of nitrogens with zero attached hydrogens (tertiary/aromatic N) is 1. The van der Waals surface area contributed by atoms with Crippen molar-refractivity contribution in [2.45, 2.75) is 37.0 Å². The maximum absolute atomic E-state index is 6.37. The number of hydrogen-bond donors (Lipinski definition) is 0. The number of hydrogen-bond acceptors (Lipinski definition) is 2. The second kappa shape index (κ2) is 9.83. The zero-order valence-electron chi connectivity index (χ0n) is 28.9. The molecule has 1 heterocycles. The summed E-state index contributed by atoms with van der Waals surface area (Å²) < 4.78 is 6.37. The minimum atomic E-state index is 0.267. The van der Waals surface area contributed by atoms with Crippen LogP contribution in [0.4, 0.5) is 17.1 Å². The number of furan rings is 1. The molecule has 0 amide bonds. The zero-order chi connectivity index (χ0) is 33.7. The molecule has 2 heteroatoms. The van der Waals surface area contributed by atoms with Gasteiger partial charge in [-0.25, -0.2) is 0 Å². The Kier molecular flexibility index (Phi) is 5.30. The summed E-state index contributed by atoms with van der Waals surface area (Å²) in [6.45, 7) is 0. The van der Waals surface area contributed by atoms with Crippen molar-refractivity contribution in [2.75, 3.05) is 4.90 Å². The molecule has 0 radical (unpaired) electrons. The molecule has 6 bridgehead atoms. The summed E-state index contributed by atoms with van der Waals surface area (Å²) in [7, 11) is 0. The van der Waals surface area contributed by atoms with E-state index in [-0.39, 0.29) is 5.41 Å². The maximum Gasteiger partial charge on any atom is 0.137 e. The highest BCUT2D eigenvalue weighted by atomic mass is 16.3. The van der Waals surface area contributed by atoms with E-state index in [2.05, 4.69) is 144 Å². The molecule has 0 aliphatic heterocycles. The SMILES string of the molecule is c1cc2c3c(c1)C1C4CC5CC(C4)C3(c3ccc(-c4ccc(N(c6ccc7ccccc7c6)c6ccc7c(c6)oc6ccccc67)cc4)cc3-2)C1C5. The van der Waals surface area contributed by atoms with Crippen molar-refractivity contribution in [3.8, 4) is 22.3 Å². The molecule has 8 aromatic rings. The van der Waals surface area contributed by atoms with E-state index in [0.29, 0.717) is 0 Å². The van der Waals surface area contributed by atoms with Gasteiger partial charge in [-0.1, -0.05) is 91.0 Å². The van der Waals surface area contributed by atoms with Gasteiger partial charge in [-0.2, -0.15) is 0 Å². The fraction of sp³-hybridized carbons (Fsp3) is 0.200. The molecule has 6 aliphatic rings. The van der Waals surface area contributed by atoms with Crippen LogP contribution in [-0.2, 0) is 5.41 Å². The molecular weight excluding hydrogens is 631 g/mol. The minimum Gasteiger partial charge on any atom is -0.456 e. The molecular formula is C50H37NO. The number of rotatable bonds is 4. The Morgan fingerprint density at radius 3 is 2.27 bits per heavy atom. The zero-order valence-corrected chi connectivity index (χ0v) is 28.9. The first-order chi connectivity index (χ1) is 25.7. The Bertz CT molecular complexity index is 2810. The molecule has 6 aliphatic carbocycles. The van der Waals surface area contributed by atoms with E-state index in [1.807, 2.05) is 6.07 Å². The highest BCUT2D eigenvalue weighted by Gasteiger charge is 2.69. The molecule has 1 spiro atoms. The molecule has 0 saturated heterocycles. The molecule has 2 nitrogen and oxygen atoms in total. The third-order valence-corrected chi connectivity index (χ3v) is 14.3. The van der Waals surface area contributed by atoms with Gasteiger partial charge in [0.25, 0.3) is 0 Å². The smallest absolute Gasteiger partial charge is 0.137 e. The Morgan fingerprint density at radius 1 is 0.538 bits per heavy atom. The van der Waals surface area contributed by atoms with Crippen LogP contribution in [0, 0.1) is 23.7 Å². The molecule has 4 saturated carbocycles. The van der Waals surface area contributed by atoms with Crippen molar-refractivity contribution >= 4 is 49.8 Å². The van der Waals surface area contributed by atoms with Gasteiger partial charge in [0, 0.05) is 39.3 Å². The van der Waals surface area contributed by atoms with E-state index in [4.69, 9.17) is 4.42 Å². The Hall–Kier alpha value is -5.60. The summed E-state index contributed by atoms with van der Waals surface area (Å²) in [5.74, 6) is 4.30. The first-order valence-electron chi connectivity index (χ1n) is 19.3. The minimum absolute atomic E-state index is 0.267. The van der Waals surface area contributed by atoms with E-state index < -0.39 is 0 Å². The number of anilines is 3. The lowest BCUT2D eigenvalue weighted by Gasteiger charge is -2.60. The summed E-state index contributed by atoms with van der Waals surface area (Å²) in [5, 5.41) is 4.76. The van der Waals surface area contributed by atoms with Crippen molar-refractivity contribution < 1.29 is 4.42 Å². The molecule has 248 valence electrons. The summed E-state index contributed by atoms with van der Waals surface area (Å²) >= 11 is 0. The van der Waals surface area contributed by atoms with Crippen LogP contribution >= 0.6 is 0 Å². The first kappa shape index (κ1) is 28.0.